The number of nitrogens with one attached hydrogen (secondary N) is 1. The van der Waals surface area contributed by atoms with E-state index in [1.807, 2.05) is 16.1 Å². The lowest BCUT2D eigenvalue weighted by atomic mass is 10.3. The van der Waals surface area contributed by atoms with E-state index in [4.69, 9.17) is 0 Å². The minimum atomic E-state index is -0.437. The van der Waals surface area contributed by atoms with E-state index in [1.165, 1.54) is 28.2 Å². The molecule has 8 heteroatoms. The molecule has 114 valence electrons. The summed E-state index contributed by atoms with van der Waals surface area (Å²) in [7, 11) is 0. The Morgan fingerprint density at radius 1 is 1.32 bits per heavy atom. The molecule has 0 radical (unpaired) electrons. The zero-order valence-corrected chi connectivity index (χ0v) is 13.0. The van der Waals surface area contributed by atoms with E-state index in [1.54, 1.807) is 6.20 Å². The predicted molar refractivity (Wildman–Crippen MR) is 84.1 cm³/mol. The molecule has 3 aromatic rings. The maximum absolute atomic E-state index is 11.7. The molecule has 0 aliphatic rings. The quantitative estimate of drug-likeness (QED) is 0.790. The van der Waals surface area contributed by atoms with Gasteiger partial charge in [-0.15, -0.1) is 11.3 Å². The van der Waals surface area contributed by atoms with Gasteiger partial charge in [-0.3, -0.25) is 14.3 Å². The van der Waals surface area contributed by atoms with Crippen molar-refractivity contribution in [2.24, 2.45) is 0 Å². The summed E-state index contributed by atoms with van der Waals surface area (Å²) < 4.78 is 3.46. The third-order valence-electron chi connectivity index (χ3n) is 3.21. The molecule has 0 atom stereocenters. The molecule has 0 aliphatic carbocycles. The highest BCUT2D eigenvalue weighted by atomic mass is 32.1. The van der Waals surface area contributed by atoms with Gasteiger partial charge >= 0.3 is 5.69 Å². The van der Waals surface area contributed by atoms with Crippen molar-refractivity contribution in [1.29, 1.82) is 0 Å². The van der Waals surface area contributed by atoms with Crippen LogP contribution in [0.4, 0.5) is 0 Å². The molecule has 0 aromatic carbocycles. The van der Waals surface area contributed by atoms with Gasteiger partial charge in [-0.25, -0.2) is 14.8 Å². The van der Waals surface area contributed by atoms with Crippen LogP contribution in [0.2, 0.25) is 0 Å². The average Bonchev–Trinajstić information content (AvgIpc) is 3.10. The van der Waals surface area contributed by atoms with Crippen LogP contribution < -0.4 is 11.2 Å². The Labute approximate surface area is 129 Å². The molecular formula is C14H15N5O2S. The van der Waals surface area contributed by atoms with Crippen LogP contribution in [-0.2, 0) is 6.54 Å². The van der Waals surface area contributed by atoms with Crippen LogP contribution in [0.15, 0.2) is 39.6 Å². The van der Waals surface area contributed by atoms with Crippen LogP contribution in [0.5, 0.6) is 0 Å². The number of thiazole rings is 1. The van der Waals surface area contributed by atoms with Gasteiger partial charge in [0.1, 0.15) is 10.7 Å². The van der Waals surface area contributed by atoms with Crippen molar-refractivity contribution in [1.82, 2.24) is 24.1 Å². The molecular weight excluding hydrogens is 302 g/mol. The molecule has 0 fully saturated rings. The van der Waals surface area contributed by atoms with E-state index in [2.05, 4.69) is 28.8 Å². The van der Waals surface area contributed by atoms with Gasteiger partial charge in [-0.2, -0.15) is 0 Å². The second-order valence-electron chi connectivity index (χ2n) is 5.12. The van der Waals surface area contributed by atoms with E-state index in [0.29, 0.717) is 12.6 Å². The molecule has 0 unspecified atom stereocenters. The van der Waals surface area contributed by atoms with Gasteiger partial charge < -0.3 is 4.57 Å². The van der Waals surface area contributed by atoms with Crippen LogP contribution in [-0.4, -0.2) is 24.1 Å². The highest BCUT2D eigenvalue weighted by molar-refractivity contribution is 7.09. The Morgan fingerprint density at radius 3 is 2.86 bits per heavy atom. The van der Waals surface area contributed by atoms with Gasteiger partial charge in [0.2, 0.25) is 0 Å². The van der Waals surface area contributed by atoms with Gasteiger partial charge in [0.15, 0.2) is 5.82 Å². The lowest BCUT2D eigenvalue weighted by Gasteiger charge is -2.09. The summed E-state index contributed by atoms with van der Waals surface area (Å²) in [6.07, 6.45) is 5.14. The van der Waals surface area contributed by atoms with Gasteiger partial charge in [0.05, 0.1) is 6.54 Å². The second kappa shape index (κ2) is 5.72. The van der Waals surface area contributed by atoms with Crippen molar-refractivity contribution in [2.45, 2.75) is 26.4 Å². The van der Waals surface area contributed by atoms with Crippen LogP contribution in [0.25, 0.3) is 11.5 Å². The summed E-state index contributed by atoms with van der Waals surface area (Å²) >= 11 is 1.46. The first-order valence-electron chi connectivity index (χ1n) is 6.82. The maximum atomic E-state index is 11.7. The summed E-state index contributed by atoms with van der Waals surface area (Å²) in [6.45, 7) is 4.49. The number of aromatic amines is 1. The number of hydrogen-bond acceptors (Lipinski definition) is 5. The van der Waals surface area contributed by atoms with Gasteiger partial charge in [0.25, 0.3) is 5.56 Å². The normalized spacial score (nSPS) is 11.2. The molecule has 0 saturated heterocycles. The Morgan fingerprint density at radius 2 is 2.14 bits per heavy atom. The smallest absolute Gasteiger partial charge is 0.327 e. The standard InChI is InChI=1S/C14H15N5O2S/c1-9(2)19-6-4-15-13(19)10-8-22-12(16-10)7-18-5-3-11(20)17-14(18)21/h3-6,8-9H,7H2,1-2H3,(H,17,20,21). The van der Waals surface area contributed by atoms with Crippen molar-refractivity contribution in [3.63, 3.8) is 0 Å². The van der Waals surface area contributed by atoms with Crippen LogP contribution in [0.1, 0.15) is 24.9 Å². The predicted octanol–water partition coefficient (Wildman–Crippen LogP) is 1.49. The summed E-state index contributed by atoms with van der Waals surface area (Å²) in [5, 5.41) is 2.70. The van der Waals surface area contributed by atoms with E-state index < -0.39 is 11.2 Å². The highest BCUT2D eigenvalue weighted by Crippen LogP contribution is 2.23. The summed E-state index contributed by atoms with van der Waals surface area (Å²) in [5.41, 5.74) is -0.0517. The topological polar surface area (TPSA) is 85.6 Å². The fourth-order valence-corrected chi connectivity index (χ4v) is 2.90. The van der Waals surface area contributed by atoms with E-state index in [9.17, 15) is 9.59 Å². The molecule has 1 N–H and O–H groups in total. The van der Waals surface area contributed by atoms with Crippen molar-refractivity contribution >= 4 is 11.3 Å². The average molecular weight is 317 g/mol. The third kappa shape index (κ3) is 2.77. The first kappa shape index (κ1) is 14.5. The Hall–Kier alpha value is -2.48. The summed E-state index contributed by atoms with van der Waals surface area (Å²) in [4.78, 5) is 33.9. The van der Waals surface area contributed by atoms with Crippen molar-refractivity contribution < 1.29 is 0 Å². The van der Waals surface area contributed by atoms with Gasteiger partial charge in [0, 0.05) is 36.1 Å². The van der Waals surface area contributed by atoms with Crippen LogP contribution in [0, 0.1) is 0 Å². The second-order valence-corrected chi connectivity index (χ2v) is 6.06. The first-order chi connectivity index (χ1) is 10.5. The molecule has 0 spiro atoms. The lowest BCUT2D eigenvalue weighted by Crippen LogP contribution is -2.28. The zero-order chi connectivity index (χ0) is 15.7. The monoisotopic (exact) mass is 317 g/mol. The maximum Gasteiger partial charge on any atom is 0.328 e. The molecule has 0 amide bonds. The number of H-pyrrole nitrogens is 1. The number of rotatable bonds is 4. The minimum absolute atomic E-state index is 0.296. The molecule has 22 heavy (non-hydrogen) atoms. The number of hydrogen-bond donors (Lipinski definition) is 1. The summed E-state index contributed by atoms with van der Waals surface area (Å²) in [5.74, 6) is 0.811. The number of aromatic nitrogens is 5. The van der Waals surface area contributed by atoms with E-state index in [-0.39, 0.29) is 0 Å². The molecule has 0 saturated carbocycles. The molecule has 7 nitrogen and oxygen atoms in total. The number of imidazole rings is 1. The van der Waals surface area contributed by atoms with Crippen LogP contribution >= 0.6 is 11.3 Å². The molecule has 0 aliphatic heterocycles. The molecule has 3 rings (SSSR count). The van der Waals surface area contributed by atoms with Crippen molar-refractivity contribution in [3.8, 4) is 11.5 Å². The largest absolute Gasteiger partial charge is 0.328 e. The highest BCUT2D eigenvalue weighted by Gasteiger charge is 2.12. The van der Waals surface area contributed by atoms with Crippen molar-refractivity contribution in [3.05, 3.63) is 55.9 Å². The minimum Gasteiger partial charge on any atom is -0.327 e. The van der Waals surface area contributed by atoms with Crippen molar-refractivity contribution in [2.75, 3.05) is 0 Å². The number of nitrogens with zero attached hydrogens (tertiary/aromatic N) is 4. The SMILES string of the molecule is CC(C)n1ccnc1-c1csc(Cn2ccc(=O)[nH]c2=O)n1. The first-order valence-corrected chi connectivity index (χ1v) is 7.70. The van der Waals surface area contributed by atoms with Gasteiger partial charge in [-0.05, 0) is 13.8 Å². The third-order valence-corrected chi connectivity index (χ3v) is 4.04. The van der Waals surface area contributed by atoms with Crippen LogP contribution in [0.3, 0.4) is 0 Å². The van der Waals surface area contributed by atoms with E-state index >= 15 is 0 Å². The molecule has 3 aromatic heterocycles. The Kier molecular flexibility index (Phi) is 3.76. The molecule has 0 bridgehead atoms. The zero-order valence-electron chi connectivity index (χ0n) is 12.2. The lowest BCUT2D eigenvalue weighted by molar-refractivity contribution is 0.605. The fraction of sp³-hybridized carbons (Fsp3) is 0.286. The fourth-order valence-electron chi connectivity index (χ4n) is 2.13. The Bertz CT molecular complexity index is 902. The van der Waals surface area contributed by atoms with Gasteiger partial charge in [-0.1, -0.05) is 0 Å². The summed E-state index contributed by atoms with van der Waals surface area (Å²) in [6, 6.07) is 1.62. The Balaban J connectivity index is 1.89. The molecule has 3 heterocycles. The van der Waals surface area contributed by atoms with E-state index in [0.717, 1.165) is 16.5 Å².